The minimum Gasteiger partial charge on any atom is -0.466 e. The quantitative estimate of drug-likeness (QED) is 0.0250. The standard InChI is InChI=1S/C70H134N2O9/c1-8-13-18-23-28-29-30-39-48-59-77-66(73)52-43-35-38-47-57-72-62-64(79-67(74)54-58-71(6)7)61-65(72)69(76)78-60-49-40-31-34-44-53-68(75)81-70(55-45-36-26-21-16-11-4,56-46-37-27-22-17-12-5)80-63(50-41-32-24-19-14-9-2)51-42-33-25-20-15-10-3/h63-65H,8-62H2,1-7H3/t64?,65-/m0/s1. The van der Waals surface area contributed by atoms with Gasteiger partial charge in [0.25, 0.3) is 0 Å². The zero-order valence-electron chi connectivity index (χ0n) is 54.7. The molecule has 0 radical (unpaired) electrons. The normalized spacial score (nSPS) is 14.8. The van der Waals surface area contributed by atoms with Crippen LogP contribution in [0.1, 0.15) is 356 Å². The molecule has 1 aliphatic heterocycles. The summed E-state index contributed by atoms with van der Waals surface area (Å²) in [6.45, 7) is 14.1. The minimum atomic E-state index is -0.850. The number of nitrogens with zero attached hydrogens (tertiary/aromatic N) is 2. The zero-order chi connectivity index (χ0) is 59.1. The van der Waals surface area contributed by atoms with Crippen molar-refractivity contribution < 1.29 is 42.9 Å². The molecule has 1 aliphatic rings. The van der Waals surface area contributed by atoms with Gasteiger partial charge in [-0.05, 0) is 78.4 Å². The van der Waals surface area contributed by atoms with Crippen LogP contribution in [0, 0.1) is 0 Å². The molecular weight excluding hydrogens is 1010 g/mol. The van der Waals surface area contributed by atoms with E-state index in [0.717, 1.165) is 122 Å². The lowest BCUT2D eigenvalue weighted by atomic mass is 9.97. The highest BCUT2D eigenvalue weighted by Gasteiger charge is 2.40. The molecule has 0 N–H and O–H groups in total. The van der Waals surface area contributed by atoms with Crippen molar-refractivity contribution in [3.8, 4) is 0 Å². The molecular formula is C70H134N2O9. The third-order valence-corrected chi connectivity index (χ3v) is 16.8. The van der Waals surface area contributed by atoms with Crippen molar-refractivity contribution in [1.82, 2.24) is 9.80 Å². The van der Waals surface area contributed by atoms with E-state index in [9.17, 15) is 19.2 Å². The Balaban J connectivity index is 2.80. The summed E-state index contributed by atoms with van der Waals surface area (Å²) in [7, 11) is 3.88. The number of unbranched alkanes of at least 4 members (excludes halogenated alkanes) is 35. The van der Waals surface area contributed by atoms with E-state index in [-0.39, 0.29) is 36.1 Å². The van der Waals surface area contributed by atoms with E-state index >= 15 is 0 Å². The lowest BCUT2D eigenvalue weighted by Crippen LogP contribution is -2.42. The third kappa shape index (κ3) is 45.8. The molecule has 2 atom stereocenters. The van der Waals surface area contributed by atoms with Crippen LogP contribution < -0.4 is 0 Å². The van der Waals surface area contributed by atoms with Crippen LogP contribution in [0.25, 0.3) is 0 Å². The lowest BCUT2D eigenvalue weighted by molar-refractivity contribution is -0.259. The van der Waals surface area contributed by atoms with Gasteiger partial charge in [-0.3, -0.25) is 24.1 Å². The molecule has 11 nitrogen and oxygen atoms in total. The van der Waals surface area contributed by atoms with E-state index in [2.05, 4.69) is 39.5 Å². The first-order valence-corrected chi connectivity index (χ1v) is 35.3. The maximum atomic E-state index is 14.0. The zero-order valence-corrected chi connectivity index (χ0v) is 54.7. The van der Waals surface area contributed by atoms with Gasteiger partial charge in [0.2, 0.25) is 5.79 Å². The van der Waals surface area contributed by atoms with Gasteiger partial charge in [0.05, 0.1) is 25.7 Å². The Morgan fingerprint density at radius 1 is 0.444 bits per heavy atom. The van der Waals surface area contributed by atoms with Gasteiger partial charge in [0.1, 0.15) is 12.1 Å². The molecule has 1 fully saturated rings. The average Bonchev–Trinajstić information content (AvgIpc) is 3.86. The number of likely N-dealkylation sites (tertiary alicyclic amines) is 1. The van der Waals surface area contributed by atoms with Crippen molar-refractivity contribution in [3.63, 3.8) is 0 Å². The molecule has 0 aromatic carbocycles. The summed E-state index contributed by atoms with van der Waals surface area (Å²) >= 11 is 0. The number of hydrogen-bond acceptors (Lipinski definition) is 11. The van der Waals surface area contributed by atoms with E-state index in [1.165, 1.54) is 173 Å². The molecule has 0 amide bonds. The van der Waals surface area contributed by atoms with Gasteiger partial charge in [0, 0.05) is 45.2 Å². The summed E-state index contributed by atoms with van der Waals surface area (Å²) < 4.78 is 31.4. The molecule has 0 spiro atoms. The topological polar surface area (TPSA) is 121 Å². The maximum Gasteiger partial charge on any atom is 0.323 e. The highest BCUT2D eigenvalue weighted by Crippen LogP contribution is 2.34. The first-order valence-electron chi connectivity index (χ1n) is 35.3. The van der Waals surface area contributed by atoms with Gasteiger partial charge in [-0.25, -0.2) is 0 Å². The Morgan fingerprint density at radius 3 is 1.31 bits per heavy atom. The van der Waals surface area contributed by atoms with E-state index in [4.69, 9.17) is 23.7 Å². The molecule has 0 bridgehead atoms. The minimum absolute atomic E-state index is 0.100. The largest absolute Gasteiger partial charge is 0.466 e. The summed E-state index contributed by atoms with van der Waals surface area (Å²) in [5, 5.41) is 0. The molecule has 0 aromatic heterocycles. The van der Waals surface area contributed by atoms with Crippen LogP contribution >= 0.6 is 0 Å². The average molecular weight is 1150 g/mol. The lowest BCUT2D eigenvalue weighted by Gasteiger charge is -2.37. The van der Waals surface area contributed by atoms with Crippen LogP contribution in [-0.2, 0) is 42.9 Å². The number of carbonyl (C=O) groups excluding carboxylic acids is 4. The van der Waals surface area contributed by atoms with E-state index in [1.54, 1.807) is 0 Å². The molecule has 1 unspecified atom stereocenters. The number of ether oxygens (including phenoxy) is 5. The van der Waals surface area contributed by atoms with Gasteiger partial charge in [-0.15, -0.1) is 0 Å². The fourth-order valence-electron chi connectivity index (χ4n) is 11.6. The van der Waals surface area contributed by atoms with Crippen LogP contribution in [0.4, 0.5) is 0 Å². The van der Waals surface area contributed by atoms with Gasteiger partial charge in [-0.1, -0.05) is 259 Å². The van der Waals surface area contributed by atoms with Crippen LogP contribution in [0.2, 0.25) is 0 Å². The first kappa shape index (κ1) is 76.8. The predicted molar refractivity (Wildman–Crippen MR) is 339 cm³/mol. The second-order valence-corrected chi connectivity index (χ2v) is 25.1. The van der Waals surface area contributed by atoms with Crippen molar-refractivity contribution in [1.29, 1.82) is 0 Å². The molecule has 0 saturated carbocycles. The molecule has 1 rings (SSSR count). The van der Waals surface area contributed by atoms with Crippen LogP contribution in [-0.4, -0.2) is 105 Å². The number of hydrogen-bond donors (Lipinski definition) is 0. The van der Waals surface area contributed by atoms with Crippen LogP contribution in [0.15, 0.2) is 0 Å². The Kier molecular flexibility index (Phi) is 52.7. The van der Waals surface area contributed by atoms with Crippen LogP contribution in [0.5, 0.6) is 0 Å². The summed E-state index contributed by atoms with van der Waals surface area (Å²) in [4.78, 5) is 56.9. The Hall–Kier alpha value is -2.24. The second kappa shape index (κ2) is 55.6. The molecule has 1 saturated heterocycles. The fraction of sp³-hybridized carbons (Fsp3) is 0.943. The Labute approximate surface area is 501 Å². The van der Waals surface area contributed by atoms with Crippen molar-refractivity contribution in [3.05, 3.63) is 0 Å². The number of rotatable bonds is 61. The van der Waals surface area contributed by atoms with Crippen molar-refractivity contribution >= 4 is 23.9 Å². The first-order chi connectivity index (χ1) is 39.5. The summed E-state index contributed by atoms with van der Waals surface area (Å²) in [6.07, 6.45) is 53.7. The van der Waals surface area contributed by atoms with Gasteiger partial charge >= 0.3 is 23.9 Å². The van der Waals surface area contributed by atoms with E-state index < -0.39 is 11.8 Å². The number of carbonyl (C=O) groups is 4. The Bertz CT molecular complexity index is 1410. The van der Waals surface area contributed by atoms with Crippen molar-refractivity contribution in [2.24, 2.45) is 0 Å². The molecule has 81 heavy (non-hydrogen) atoms. The monoisotopic (exact) mass is 1150 g/mol. The Morgan fingerprint density at radius 2 is 0.840 bits per heavy atom. The summed E-state index contributed by atoms with van der Waals surface area (Å²) in [5.41, 5.74) is 0. The van der Waals surface area contributed by atoms with Gasteiger partial charge < -0.3 is 28.6 Å². The third-order valence-electron chi connectivity index (χ3n) is 16.8. The fourth-order valence-corrected chi connectivity index (χ4v) is 11.6. The van der Waals surface area contributed by atoms with Crippen molar-refractivity contribution in [2.75, 3.05) is 46.9 Å². The van der Waals surface area contributed by atoms with Gasteiger partial charge in [0.15, 0.2) is 0 Å². The second-order valence-electron chi connectivity index (χ2n) is 25.1. The van der Waals surface area contributed by atoms with E-state index in [1.807, 2.05) is 19.0 Å². The molecule has 1 heterocycles. The smallest absolute Gasteiger partial charge is 0.323 e. The highest BCUT2D eigenvalue weighted by molar-refractivity contribution is 5.76. The summed E-state index contributed by atoms with van der Waals surface area (Å²) in [6, 6.07) is -0.446. The number of esters is 4. The molecule has 0 aromatic rings. The highest BCUT2D eigenvalue weighted by atomic mass is 16.7. The van der Waals surface area contributed by atoms with Crippen molar-refractivity contribution in [2.45, 2.75) is 380 Å². The van der Waals surface area contributed by atoms with Gasteiger partial charge in [-0.2, -0.15) is 0 Å². The SMILES string of the molecule is CCCCCCCCCCCOC(=O)CCCCCCN1CC(OC(=O)CCN(C)C)C[C@H]1C(=O)OCCCCCCCC(=O)OC(CCCCCCCC)(CCCCCCCC)OC(CCCCCCCC)CCCCCCCC. The molecule has 11 heteroatoms. The molecule has 478 valence electrons. The summed E-state index contributed by atoms with van der Waals surface area (Å²) in [5.74, 6) is -1.54. The predicted octanol–water partition coefficient (Wildman–Crippen LogP) is 19.5. The van der Waals surface area contributed by atoms with Crippen LogP contribution in [0.3, 0.4) is 0 Å². The molecule has 0 aliphatic carbocycles. The maximum absolute atomic E-state index is 14.0. The van der Waals surface area contributed by atoms with E-state index in [0.29, 0.717) is 58.5 Å².